The van der Waals surface area contributed by atoms with Crippen molar-refractivity contribution in [1.29, 1.82) is 0 Å². The number of nitrogens with zero attached hydrogens (tertiary/aromatic N) is 6. The van der Waals surface area contributed by atoms with Gasteiger partial charge < -0.3 is 9.47 Å². The summed E-state index contributed by atoms with van der Waals surface area (Å²) in [6.07, 6.45) is -2.84. The second-order valence-electron chi connectivity index (χ2n) is 8.39. The summed E-state index contributed by atoms with van der Waals surface area (Å²) in [5.74, 6) is -0.354. The normalized spacial score (nSPS) is 13.6. The van der Waals surface area contributed by atoms with Crippen molar-refractivity contribution in [3.05, 3.63) is 71.8 Å². The number of halogens is 3. The number of sulfonamides is 1. The number of hydrogen-bond donors (Lipinski definition) is 1. The Morgan fingerprint density at radius 3 is 2.33 bits per heavy atom. The maximum atomic E-state index is 14.0. The Morgan fingerprint density at radius 2 is 1.69 bits per heavy atom. The van der Waals surface area contributed by atoms with Crippen LogP contribution >= 0.6 is 0 Å². The molecule has 0 aliphatic heterocycles. The SMILES string of the molecule is COc1cccc(-c2nnc(NS(=O)(=O)C(C)C(OC)c3ncc(C)cn3)n2-c2ccccc2C(F)(F)F)n1. The maximum absolute atomic E-state index is 14.0. The molecule has 4 rings (SSSR count). The zero-order valence-electron chi connectivity index (χ0n) is 21.2. The average Bonchev–Trinajstić information content (AvgIpc) is 3.32. The molecule has 11 nitrogen and oxygen atoms in total. The van der Waals surface area contributed by atoms with Gasteiger partial charge in [-0.3, -0.25) is 9.29 Å². The third-order valence-corrected chi connectivity index (χ3v) is 7.43. The molecule has 0 amide bonds. The Kier molecular flexibility index (Phi) is 7.83. The van der Waals surface area contributed by atoms with Gasteiger partial charge in [0.05, 0.1) is 18.4 Å². The maximum Gasteiger partial charge on any atom is 0.418 e. The molecule has 0 spiro atoms. The molecular weight excluding hydrogens is 539 g/mol. The lowest BCUT2D eigenvalue weighted by atomic mass is 10.1. The lowest BCUT2D eigenvalue weighted by Crippen LogP contribution is -2.33. The Hall–Kier alpha value is -4.11. The fraction of sp³-hybridized carbons (Fsp3) is 0.292. The van der Waals surface area contributed by atoms with E-state index in [0.29, 0.717) is 0 Å². The van der Waals surface area contributed by atoms with E-state index < -0.39 is 44.8 Å². The second-order valence-corrected chi connectivity index (χ2v) is 10.4. The Labute approximate surface area is 222 Å². The van der Waals surface area contributed by atoms with Gasteiger partial charge in [-0.05, 0) is 37.6 Å². The fourth-order valence-electron chi connectivity index (χ4n) is 3.75. The first-order valence-electron chi connectivity index (χ1n) is 11.4. The van der Waals surface area contributed by atoms with E-state index in [4.69, 9.17) is 9.47 Å². The van der Waals surface area contributed by atoms with Crippen LogP contribution in [-0.2, 0) is 20.9 Å². The minimum Gasteiger partial charge on any atom is -0.481 e. The number of pyridine rings is 1. The van der Waals surface area contributed by atoms with Crippen LogP contribution in [0.25, 0.3) is 17.2 Å². The Balaban J connectivity index is 1.84. The highest BCUT2D eigenvalue weighted by Crippen LogP contribution is 2.37. The van der Waals surface area contributed by atoms with E-state index in [0.717, 1.165) is 16.2 Å². The largest absolute Gasteiger partial charge is 0.481 e. The number of anilines is 1. The number of methoxy groups -OCH3 is 2. The summed E-state index contributed by atoms with van der Waals surface area (Å²) in [5, 5.41) is 6.58. The molecule has 39 heavy (non-hydrogen) atoms. The standard InChI is InChI=1S/C24H24F3N7O4S/c1-14-12-28-21(29-13-14)20(38-4)15(2)39(35,36)33-23-32-31-22(17-9-7-11-19(30-17)37-3)34(23)18-10-6-5-8-16(18)24(25,26)27/h5-13,15,20H,1-4H3,(H,32,33). The molecule has 0 saturated heterocycles. The van der Waals surface area contributed by atoms with Gasteiger partial charge in [0.1, 0.15) is 17.0 Å². The van der Waals surface area contributed by atoms with Crippen LogP contribution in [0.2, 0.25) is 0 Å². The van der Waals surface area contributed by atoms with Gasteiger partial charge in [0.15, 0.2) is 11.6 Å². The summed E-state index contributed by atoms with van der Waals surface area (Å²) < 4.78 is 82.7. The lowest BCUT2D eigenvalue weighted by Gasteiger charge is -2.22. The molecule has 4 aromatic rings. The van der Waals surface area contributed by atoms with Crippen LogP contribution in [0, 0.1) is 6.92 Å². The number of nitrogens with one attached hydrogen (secondary N) is 1. The van der Waals surface area contributed by atoms with E-state index in [9.17, 15) is 21.6 Å². The van der Waals surface area contributed by atoms with Crippen LogP contribution in [0.5, 0.6) is 5.88 Å². The molecule has 2 atom stereocenters. The summed E-state index contributed by atoms with van der Waals surface area (Å²) in [4.78, 5) is 12.5. The minimum atomic E-state index is -4.77. The van der Waals surface area contributed by atoms with Crippen LogP contribution in [0.3, 0.4) is 0 Å². The molecule has 0 radical (unpaired) electrons. The zero-order valence-corrected chi connectivity index (χ0v) is 22.0. The molecule has 0 aliphatic carbocycles. The minimum absolute atomic E-state index is 0.0974. The van der Waals surface area contributed by atoms with E-state index in [1.807, 2.05) is 0 Å². The summed E-state index contributed by atoms with van der Waals surface area (Å²) in [6, 6.07) is 9.23. The molecule has 15 heteroatoms. The highest BCUT2D eigenvalue weighted by Gasteiger charge is 2.37. The smallest absolute Gasteiger partial charge is 0.418 e. The second kappa shape index (κ2) is 10.9. The van der Waals surface area contributed by atoms with E-state index in [1.54, 1.807) is 13.0 Å². The molecule has 206 valence electrons. The third-order valence-electron chi connectivity index (χ3n) is 5.73. The van der Waals surface area contributed by atoms with Crippen molar-refractivity contribution in [3.63, 3.8) is 0 Å². The topological polar surface area (TPSA) is 134 Å². The molecule has 2 unspecified atom stereocenters. The van der Waals surface area contributed by atoms with Crippen LogP contribution in [0.15, 0.2) is 54.9 Å². The fourth-order valence-corrected chi connectivity index (χ4v) is 4.88. The predicted molar refractivity (Wildman–Crippen MR) is 135 cm³/mol. The van der Waals surface area contributed by atoms with E-state index in [1.165, 1.54) is 63.9 Å². The van der Waals surface area contributed by atoms with E-state index >= 15 is 0 Å². The van der Waals surface area contributed by atoms with Crippen molar-refractivity contribution in [3.8, 4) is 23.1 Å². The van der Waals surface area contributed by atoms with Crippen molar-refractivity contribution >= 4 is 16.0 Å². The quantitative estimate of drug-likeness (QED) is 0.321. The third kappa shape index (κ3) is 5.83. The van der Waals surface area contributed by atoms with Gasteiger partial charge in [0, 0.05) is 25.6 Å². The number of benzene rings is 1. The van der Waals surface area contributed by atoms with Crippen LogP contribution in [-0.4, -0.2) is 57.6 Å². The number of ether oxygens (including phenoxy) is 2. The van der Waals surface area contributed by atoms with Gasteiger partial charge in [-0.15, -0.1) is 10.2 Å². The Bertz CT molecular complexity index is 1560. The predicted octanol–water partition coefficient (Wildman–Crippen LogP) is 3.97. The molecule has 3 heterocycles. The molecule has 0 bridgehead atoms. The van der Waals surface area contributed by atoms with Gasteiger partial charge in [-0.25, -0.2) is 23.4 Å². The molecule has 1 aromatic carbocycles. The number of aryl methyl sites for hydroxylation is 1. The molecule has 0 fully saturated rings. The molecular formula is C24H24F3N7O4S. The van der Waals surface area contributed by atoms with Crippen molar-refractivity contribution in [1.82, 2.24) is 29.7 Å². The summed E-state index contributed by atoms with van der Waals surface area (Å²) in [5.41, 5.74) is -0.590. The number of hydrogen-bond acceptors (Lipinski definition) is 9. The zero-order chi connectivity index (χ0) is 28.4. The summed E-state index contributed by atoms with van der Waals surface area (Å²) >= 11 is 0. The van der Waals surface area contributed by atoms with Crippen LogP contribution in [0.1, 0.15) is 30.0 Å². The van der Waals surface area contributed by atoms with Crippen molar-refractivity contribution in [2.75, 3.05) is 18.9 Å². The molecule has 1 N–H and O–H groups in total. The van der Waals surface area contributed by atoms with Gasteiger partial charge >= 0.3 is 6.18 Å². The van der Waals surface area contributed by atoms with Gasteiger partial charge in [-0.2, -0.15) is 13.2 Å². The highest BCUT2D eigenvalue weighted by molar-refractivity contribution is 7.93. The van der Waals surface area contributed by atoms with Crippen molar-refractivity contribution in [2.45, 2.75) is 31.4 Å². The van der Waals surface area contributed by atoms with E-state index in [-0.39, 0.29) is 23.2 Å². The first-order chi connectivity index (χ1) is 18.5. The van der Waals surface area contributed by atoms with E-state index in [2.05, 4.69) is 29.9 Å². The van der Waals surface area contributed by atoms with Crippen LogP contribution in [0.4, 0.5) is 19.1 Å². The van der Waals surface area contributed by atoms with Crippen molar-refractivity contribution < 1.29 is 31.1 Å². The Morgan fingerprint density at radius 1 is 1.00 bits per heavy atom. The average molecular weight is 564 g/mol. The van der Waals surface area contributed by atoms with Gasteiger partial charge in [0.25, 0.3) is 0 Å². The first-order valence-corrected chi connectivity index (χ1v) is 13.0. The monoisotopic (exact) mass is 563 g/mol. The first kappa shape index (κ1) is 27.9. The van der Waals surface area contributed by atoms with Gasteiger partial charge in [0.2, 0.25) is 21.9 Å². The van der Waals surface area contributed by atoms with Crippen LogP contribution < -0.4 is 9.46 Å². The lowest BCUT2D eigenvalue weighted by molar-refractivity contribution is -0.137. The number of alkyl halides is 3. The number of rotatable bonds is 9. The number of para-hydroxylation sites is 1. The highest BCUT2D eigenvalue weighted by atomic mass is 32.2. The number of aromatic nitrogens is 6. The van der Waals surface area contributed by atoms with Gasteiger partial charge in [-0.1, -0.05) is 18.2 Å². The van der Waals surface area contributed by atoms with Crippen molar-refractivity contribution in [2.24, 2.45) is 0 Å². The molecule has 0 saturated carbocycles. The summed E-state index contributed by atoms with van der Waals surface area (Å²) in [7, 11) is -1.67. The molecule has 0 aliphatic rings. The summed E-state index contributed by atoms with van der Waals surface area (Å²) in [6.45, 7) is 3.13. The molecule has 3 aromatic heterocycles.